The molecule has 0 bridgehead atoms. The molecule has 2 N–H and O–H groups in total. The third kappa shape index (κ3) is 4.61. The summed E-state index contributed by atoms with van der Waals surface area (Å²) in [4.78, 5) is 2.31. The maximum Gasteiger partial charge on any atom is 0.0791 e. The van der Waals surface area contributed by atoms with Crippen LogP contribution >= 0.6 is 23.2 Å². The summed E-state index contributed by atoms with van der Waals surface area (Å²) in [6, 6.07) is 5.52. The minimum atomic E-state index is -0.353. The van der Waals surface area contributed by atoms with Crippen LogP contribution in [-0.2, 0) is 0 Å². The fourth-order valence-corrected chi connectivity index (χ4v) is 3.06. The summed E-state index contributed by atoms with van der Waals surface area (Å²) in [6.45, 7) is 5.53. The molecule has 0 radical (unpaired) electrons. The molecule has 1 aliphatic rings. The van der Waals surface area contributed by atoms with E-state index in [9.17, 15) is 5.11 Å². The number of benzene rings is 1. The number of nitrogens with one attached hydrogen (secondary N) is 1. The Bertz CT molecular complexity index is 436. The predicted octanol–water partition coefficient (Wildman–Crippen LogP) is 3.10. The van der Waals surface area contributed by atoms with Crippen LogP contribution in [0.1, 0.15) is 31.4 Å². The van der Waals surface area contributed by atoms with Crippen molar-refractivity contribution < 1.29 is 5.11 Å². The standard InChI is InChI=1S/C15H22Cl2N2O/c1-11(14-8-12(16)4-5-15(14)17)18-9-13(20)10-19-6-2-3-7-19/h4-5,8,11,13,18,20H,2-3,6-7,9-10H2,1H3. The third-order valence-electron chi connectivity index (χ3n) is 3.75. The van der Waals surface area contributed by atoms with Gasteiger partial charge in [0.15, 0.2) is 0 Å². The van der Waals surface area contributed by atoms with Crippen LogP contribution in [0.2, 0.25) is 10.0 Å². The van der Waals surface area contributed by atoms with Gasteiger partial charge in [-0.2, -0.15) is 0 Å². The number of β-amino-alcohol motifs (C(OH)–C–C–N with tert-alkyl or cyclic N) is 1. The predicted molar refractivity (Wildman–Crippen MR) is 84.6 cm³/mol. The van der Waals surface area contributed by atoms with Gasteiger partial charge in [0.2, 0.25) is 0 Å². The third-order valence-corrected chi connectivity index (χ3v) is 4.33. The summed E-state index contributed by atoms with van der Waals surface area (Å²) >= 11 is 12.2. The summed E-state index contributed by atoms with van der Waals surface area (Å²) in [7, 11) is 0. The summed E-state index contributed by atoms with van der Waals surface area (Å²) in [6.07, 6.45) is 2.14. The van der Waals surface area contributed by atoms with Gasteiger partial charge in [-0.25, -0.2) is 0 Å². The number of aliphatic hydroxyl groups is 1. The lowest BCUT2D eigenvalue weighted by molar-refractivity contribution is 0.121. The number of likely N-dealkylation sites (tertiary alicyclic amines) is 1. The Balaban J connectivity index is 1.81. The Morgan fingerprint density at radius 1 is 1.30 bits per heavy atom. The molecule has 0 aliphatic carbocycles. The molecule has 1 fully saturated rings. The van der Waals surface area contributed by atoms with Crippen LogP contribution in [0.4, 0.5) is 0 Å². The Labute approximate surface area is 130 Å². The average molecular weight is 317 g/mol. The molecule has 112 valence electrons. The lowest BCUT2D eigenvalue weighted by Gasteiger charge is -2.22. The molecule has 2 rings (SSSR count). The first-order valence-electron chi connectivity index (χ1n) is 7.15. The highest BCUT2D eigenvalue weighted by molar-refractivity contribution is 6.33. The second kappa shape index (κ2) is 7.62. The van der Waals surface area contributed by atoms with Crippen LogP contribution in [0, 0.1) is 0 Å². The van der Waals surface area contributed by atoms with Crippen LogP contribution in [0.5, 0.6) is 0 Å². The SMILES string of the molecule is CC(NCC(O)CN1CCCC1)c1cc(Cl)ccc1Cl. The first-order chi connectivity index (χ1) is 9.56. The van der Waals surface area contributed by atoms with E-state index < -0.39 is 0 Å². The lowest BCUT2D eigenvalue weighted by atomic mass is 10.1. The molecular formula is C15H22Cl2N2O. The number of hydrogen-bond acceptors (Lipinski definition) is 3. The van der Waals surface area contributed by atoms with Gasteiger partial charge in [-0.1, -0.05) is 23.2 Å². The van der Waals surface area contributed by atoms with E-state index in [2.05, 4.69) is 10.2 Å². The number of hydrogen-bond donors (Lipinski definition) is 2. The quantitative estimate of drug-likeness (QED) is 0.846. The lowest BCUT2D eigenvalue weighted by Crippen LogP contribution is -2.37. The molecule has 1 saturated heterocycles. The Morgan fingerprint density at radius 2 is 2.00 bits per heavy atom. The zero-order valence-corrected chi connectivity index (χ0v) is 13.3. The minimum absolute atomic E-state index is 0.0643. The smallest absolute Gasteiger partial charge is 0.0791 e. The van der Waals surface area contributed by atoms with E-state index >= 15 is 0 Å². The Hall–Kier alpha value is -0.320. The van der Waals surface area contributed by atoms with Crippen LogP contribution in [0.3, 0.4) is 0 Å². The molecule has 3 nitrogen and oxygen atoms in total. The molecule has 1 aromatic rings. The maximum atomic E-state index is 10.1. The Morgan fingerprint density at radius 3 is 2.70 bits per heavy atom. The van der Waals surface area contributed by atoms with Crippen molar-refractivity contribution in [2.24, 2.45) is 0 Å². The Kier molecular flexibility index (Phi) is 6.12. The average Bonchev–Trinajstić information content (AvgIpc) is 2.91. The molecule has 1 aromatic carbocycles. The number of halogens is 2. The van der Waals surface area contributed by atoms with E-state index in [-0.39, 0.29) is 12.1 Å². The van der Waals surface area contributed by atoms with E-state index in [0.717, 1.165) is 25.2 Å². The second-order valence-corrected chi connectivity index (χ2v) is 6.30. The minimum Gasteiger partial charge on any atom is -0.390 e. The summed E-state index contributed by atoms with van der Waals surface area (Å²) in [5.74, 6) is 0. The molecule has 2 atom stereocenters. The first-order valence-corrected chi connectivity index (χ1v) is 7.90. The van der Waals surface area contributed by atoms with E-state index in [1.54, 1.807) is 12.1 Å². The van der Waals surface area contributed by atoms with Gasteiger partial charge in [0.25, 0.3) is 0 Å². The monoisotopic (exact) mass is 316 g/mol. The highest BCUT2D eigenvalue weighted by Crippen LogP contribution is 2.26. The van der Waals surface area contributed by atoms with E-state index in [1.165, 1.54) is 12.8 Å². The molecule has 2 unspecified atom stereocenters. The van der Waals surface area contributed by atoms with Crippen molar-refractivity contribution in [2.75, 3.05) is 26.2 Å². The van der Waals surface area contributed by atoms with Crippen molar-refractivity contribution in [3.05, 3.63) is 33.8 Å². The van der Waals surface area contributed by atoms with Crippen LogP contribution in [0.15, 0.2) is 18.2 Å². The molecule has 0 amide bonds. The topological polar surface area (TPSA) is 35.5 Å². The van der Waals surface area contributed by atoms with Crippen LogP contribution in [-0.4, -0.2) is 42.3 Å². The summed E-state index contributed by atoms with van der Waals surface area (Å²) in [5.41, 5.74) is 0.965. The fraction of sp³-hybridized carbons (Fsp3) is 0.600. The van der Waals surface area contributed by atoms with Crippen LogP contribution in [0.25, 0.3) is 0 Å². The van der Waals surface area contributed by atoms with Gasteiger partial charge in [-0.15, -0.1) is 0 Å². The van der Waals surface area contributed by atoms with Crippen molar-refractivity contribution in [3.8, 4) is 0 Å². The number of rotatable bonds is 6. The number of nitrogens with zero attached hydrogens (tertiary/aromatic N) is 1. The first kappa shape index (κ1) is 16.1. The van der Waals surface area contributed by atoms with Gasteiger partial charge in [-0.05, 0) is 56.6 Å². The summed E-state index contributed by atoms with van der Waals surface area (Å²) < 4.78 is 0. The summed E-state index contributed by atoms with van der Waals surface area (Å²) in [5, 5.41) is 14.8. The van der Waals surface area contributed by atoms with E-state index in [0.29, 0.717) is 16.6 Å². The van der Waals surface area contributed by atoms with Crippen molar-refractivity contribution >= 4 is 23.2 Å². The molecule has 0 aromatic heterocycles. The van der Waals surface area contributed by atoms with Crippen molar-refractivity contribution in [2.45, 2.75) is 31.9 Å². The van der Waals surface area contributed by atoms with Gasteiger partial charge < -0.3 is 15.3 Å². The van der Waals surface area contributed by atoms with Crippen molar-refractivity contribution in [3.63, 3.8) is 0 Å². The largest absolute Gasteiger partial charge is 0.390 e. The van der Waals surface area contributed by atoms with Gasteiger partial charge in [0.1, 0.15) is 0 Å². The van der Waals surface area contributed by atoms with Crippen molar-refractivity contribution in [1.29, 1.82) is 0 Å². The second-order valence-electron chi connectivity index (χ2n) is 5.46. The molecule has 5 heteroatoms. The van der Waals surface area contributed by atoms with Gasteiger partial charge >= 0.3 is 0 Å². The van der Waals surface area contributed by atoms with Crippen molar-refractivity contribution in [1.82, 2.24) is 10.2 Å². The van der Waals surface area contributed by atoms with Gasteiger partial charge in [0.05, 0.1) is 6.10 Å². The van der Waals surface area contributed by atoms with E-state index in [4.69, 9.17) is 23.2 Å². The zero-order valence-electron chi connectivity index (χ0n) is 11.8. The molecule has 20 heavy (non-hydrogen) atoms. The van der Waals surface area contributed by atoms with Crippen LogP contribution < -0.4 is 5.32 Å². The molecule has 1 aliphatic heterocycles. The van der Waals surface area contributed by atoms with Gasteiger partial charge in [0, 0.05) is 29.2 Å². The maximum absolute atomic E-state index is 10.1. The highest BCUT2D eigenvalue weighted by atomic mass is 35.5. The van der Waals surface area contributed by atoms with Gasteiger partial charge in [-0.3, -0.25) is 0 Å². The zero-order chi connectivity index (χ0) is 14.5. The molecule has 0 spiro atoms. The fourth-order valence-electron chi connectivity index (χ4n) is 2.60. The van der Waals surface area contributed by atoms with E-state index in [1.807, 2.05) is 13.0 Å². The normalized spacial score (nSPS) is 19.2. The molecule has 0 saturated carbocycles. The molecule has 1 heterocycles. The molecular weight excluding hydrogens is 295 g/mol. The number of aliphatic hydroxyl groups excluding tert-OH is 1. The highest BCUT2D eigenvalue weighted by Gasteiger charge is 2.17.